The molecule has 1 saturated carbocycles. The Bertz CT molecular complexity index is 1700. The number of amidine groups is 1. The second kappa shape index (κ2) is 13.1. The van der Waals surface area contributed by atoms with Crippen molar-refractivity contribution in [1.29, 1.82) is 0 Å². The molecule has 1 amide bonds. The molecule has 3 aromatic rings. The fourth-order valence-corrected chi connectivity index (χ4v) is 7.22. The van der Waals surface area contributed by atoms with Crippen LogP contribution in [-0.2, 0) is 32.7 Å². The number of hydrogen-bond donors (Lipinski definition) is 1. The van der Waals surface area contributed by atoms with E-state index in [0.717, 1.165) is 31.5 Å². The summed E-state index contributed by atoms with van der Waals surface area (Å²) >= 11 is 6.13. The predicted octanol–water partition coefficient (Wildman–Crippen LogP) is 7.43. The third-order valence-electron chi connectivity index (χ3n) is 8.00. The molecule has 5 rings (SSSR count). The number of ether oxygens (including phenoxy) is 1. The summed E-state index contributed by atoms with van der Waals surface area (Å²) in [5, 5.41) is 3.66. The highest BCUT2D eigenvalue weighted by Gasteiger charge is 2.49. The summed E-state index contributed by atoms with van der Waals surface area (Å²) in [5.41, 5.74) is 0.826. The average Bonchev–Trinajstić information content (AvgIpc) is 3.66. The summed E-state index contributed by atoms with van der Waals surface area (Å²) in [5.74, 6) is 0.714. The molecular weight excluding hydrogens is 633 g/mol. The highest BCUT2D eigenvalue weighted by molar-refractivity contribution is 7.92. The van der Waals surface area contributed by atoms with E-state index in [0.29, 0.717) is 36.0 Å². The summed E-state index contributed by atoms with van der Waals surface area (Å²) in [4.78, 5) is 20.1. The second-order valence-electron chi connectivity index (χ2n) is 11.4. The highest BCUT2D eigenvalue weighted by Crippen LogP contribution is 2.41. The van der Waals surface area contributed by atoms with Crippen LogP contribution in [0.15, 0.2) is 56.9 Å². The van der Waals surface area contributed by atoms with Gasteiger partial charge in [-0.15, -0.1) is 0 Å². The first-order valence-corrected chi connectivity index (χ1v) is 16.6. The molecule has 0 bridgehead atoms. The van der Waals surface area contributed by atoms with Crippen molar-refractivity contribution < 1.29 is 35.6 Å². The number of aryl methyl sites for hydroxylation is 1. The number of alkyl halides is 3. The summed E-state index contributed by atoms with van der Waals surface area (Å²) in [6.45, 7) is 1.84. The molecule has 1 N–H and O–H groups in total. The van der Waals surface area contributed by atoms with Crippen LogP contribution in [0.3, 0.4) is 0 Å². The maximum absolute atomic E-state index is 13.7. The Morgan fingerprint density at radius 1 is 1.13 bits per heavy atom. The van der Waals surface area contributed by atoms with Crippen LogP contribution >= 0.6 is 11.6 Å². The number of hydrogen-bond acceptors (Lipinski definition) is 7. The number of amides is 1. The molecule has 45 heavy (non-hydrogen) atoms. The van der Waals surface area contributed by atoms with Crippen LogP contribution in [0.25, 0.3) is 11.1 Å². The van der Waals surface area contributed by atoms with Crippen LogP contribution < -0.4 is 4.72 Å². The largest absolute Gasteiger partial charge is 0.411 e. The van der Waals surface area contributed by atoms with Gasteiger partial charge in [0.2, 0.25) is 5.82 Å². The number of rotatable bonds is 12. The zero-order valence-corrected chi connectivity index (χ0v) is 26.5. The maximum Gasteiger partial charge on any atom is 0.411 e. The molecule has 1 aliphatic carbocycles. The molecule has 1 spiro atoms. The molecule has 2 aromatic carbocycles. The number of aliphatic imine (C=N–C) groups is 1. The molecule has 1 aromatic heterocycles. The SMILES string of the molecule is CCCCC1=NC2(CCCC2)C(=O)N1Cc1ccc(-c2ccccc2S(=O)(=O)Nc2noc(C)c2Cl)c(COCC(F)(F)F)c1. The van der Waals surface area contributed by atoms with Gasteiger partial charge in [-0.3, -0.25) is 19.4 Å². The molecule has 1 aliphatic heterocycles. The number of unbranched alkanes of at least 4 members (excludes halogenated alkanes) is 1. The Morgan fingerprint density at radius 3 is 2.53 bits per heavy atom. The fourth-order valence-electron chi connectivity index (χ4n) is 5.82. The van der Waals surface area contributed by atoms with Crippen molar-refractivity contribution in [3.05, 3.63) is 64.4 Å². The lowest BCUT2D eigenvalue weighted by Crippen LogP contribution is -2.40. The number of halogens is 4. The van der Waals surface area contributed by atoms with Crippen molar-refractivity contribution in [2.24, 2.45) is 4.99 Å². The summed E-state index contributed by atoms with van der Waals surface area (Å²) in [6, 6.07) is 11.1. The Balaban J connectivity index is 1.50. The van der Waals surface area contributed by atoms with Crippen molar-refractivity contribution >= 4 is 39.2 Å². The van der Waals surface area contributed by atoms with E-state index in [1.807, 2.05) is 0 Å². The van der Waals surface area contributed by atoms with Crippen molar-refractivity contribution in [3.63, 3.8) is 0 Å². The summed E-state index contributed by atoms with van der Waals surface area (Å²) in [6.07, 6.45) is 1.16. The van der Waals surface area contributed by atoms with E-state index >= 15 is 0 Å². The van der Waals surface area contributed by atoms with Crippen LogP contribution in [-0.4, -0.2) is 48.5 Å². The van der Waals surface area contributed by atoms with Gasteiger partial charge in [-0.2, -0.15) is 13.2 Å². The Hall–Kier alpha value is -3.42. The first kappa shape index (κ1) is 33.0. The monoisotopic (exact) mass is 666 g/mol. The van der Waals surface area contributed by atoms with E-state index in [-0.39, 0.29) is 39.5 Å². The lowest BCUT2D eigenvalue weighted by Gasteiger charge is -2.23. The van der Waals surface area contributed by atoms with Crippen LogP contribution in [0.2, 0.25) is 5.02 Å². The molecule has 14 heteroatoms. The Labute approximate surface area is 264 Å². The van der Waals surface area contributed by atoms with Gasteiger partial charge in [0, 0.05) is 12.0 Å². The quantitative estimate of drug-likeness (QED) is 0.215. The average molecular weight is 667 g/mol. The molecule has 0 saturated heterocycles. The number of benzene rings is 2. The number of nitrogens with zero attached hydrogens (tertiary/aromatic N) is 3. The minimum atomic E-state index is -4.56. The number of anilines is 1. The zero-order valence-electron chi connectivity index (χ0n) is 24.9. The Kier molecular flexibility index (Phi) is 9.62. The zero-order chi connectivity index (χ0) is 32.4. The molecular formula is C31H34ClF3N4O5S. The van der Waals surface area contributed by atoms with Gasteiger partial charge >= 0.3 is 6.18 Å². The standard InChI is InChI=1S/C31H34ClF3N4O5S/c1-3-4-11-26-36-30(14-7-8-15-30)29(40)39(26)17-21-12-13-23(22(16-21)18-43-19-31(33,34)35)24-9-5-6-10-25(24)45(41,42)38-28-27(32)20(2)44-37-28/h5-6,9-10,12-13,16H,3-4,7-8,11,14-15,17-19H2,1-2H3,(H,37,38). The van der Waals surface area contributed by atoms with Crippen LogP contribution in [0, 0.1) is 6.92 Å². The fraction of sp³-hybridized carbons (Fsp3) is 0.452. The molecule has 9 nitrogen and oxygen atoms in total. The smallest absolute Gasteiger partial charge is 0.367 e. The van der Waals surface area contributed by atoms with E-state index in [9.17, 15) is 26.4 Å². The summed E-state index contributed by atoms with van der Waals surface area (Å²) in [7, 11) is -4.27. The molecule has 242 valence electrons. The molecule has 0 radical (unpaired) electrons. The van der Waals surface area contributed by atoms with E-state index in [4.69, 9.17) is 25.9 Å². The molecule has 0 atom stereocenters. The van der Waals surface area contributed by atoms with Gasteiger partial charge < -0.3 is 9.26 Å². The van der Waals surface area contributed by atoms with E-state index in [1.54, 1.807) is 35.2 Å². The topological polar surface area (TPSA) is 114 Å². The molecule has 1 fully saturated rings. The number of carbonyl (C=O) groups is 1. The van der Waals surface area contributed by atoms with E-state index < -0.39 is 35.0 Å². The van der Waals surface area contributed by atoms with Gasteiger partial charge in [-0.25, -0.2) is 8.42 Å². The third-order valence-corrected chi connectivity index (χ3v) is 9.85. The summed E-state index contributed by atoms with van der Waals surface area (Å²) < 4.78 is 78.4. The van der Waals surface area contributed by atoms with Crippen LogP contribution in [0.5, 0.6) is 0 Å². The minimum absolute atomic E-state index is 0.000613. The van der Waals surface area contributed by atoms with Crippen molar-refractivity contribution in [2.75, 3.05) is 11.3 Å². The van der Waals surface area contributed by atoms with Crippen molar-refractivity contribution in [3.8, 4) is 11.1 Å². The van der Waals surface area contributed by atoms with E-state index in [2.05, 4.69) is 16.8 Å². The van der Waals surface area contributed by atoms with E-state index in [1.165, 1.54) is 19.1 Å². The van der Waals surface area contributed by atoms with Gasteiger partial charge in [-0.05, 0) is 48.9 Å². The third kappa shape index (κ3) is 7.20. The Morgan fingerprint density at radius 2 is 1.87 bits per heavy atom. The van der Waals surface area contributed by atoms with Crippen LogP contribution in [0.1, 0.15) is 68.8 Å². The number of aromatic nitrogens is 1. The van der Waals surface area contributed by atoms with Gasteiger partial charge in [0.25, 0.3) is 15.9 Å². The van der Waals surface area contributed by atoms with Gasteiger partial charge in [0.15, 0.2) is 5.76 Å². The first-order valence-electron chi connectivity index (χ1n) is 14.7. The molecule has 2 heterocycles. The van der Waals surface area contributed by atoms with Crippen molar-refractivity contribution in [1.82, 2.24) is 10.1 Å². The van der Waals surface area contributed by atoms with Gasteiger partial charge in [0.1, 0.15) is 23.0 Å². The molecule has 2 aliphatic rings. The van der Waals surface area contributed by atoms with Gasteiger partial charge in [-0.1, -0.05) is 79.3 Å². The van der Waals surface area contributed by atoms with Crippen LogP contribution in [0.4, 0.5) is 19.0 Å². The first-order chi connectivity index (χ1) is 21.3. The second-order valence-corrected chi connectivity index (χ2v) is 13.4. The number of sulfonamides is 1. The predicted molar refractivity (Wildman–Crippen MR) is 163 cm³/mol. The number of carbonyl (C=O) groups excluding carboxylic acids is 1. The minimum Gasteiger partial charge on any atom is -0.367 e. The lowest BCUT2D eigenvalue weighted by atomic mass is 9.96. The molecule has 0 unspecified atom stereocenters. The normalized spacial score (nSPS) is 16.5. The highest BCUT2D eigenvalue weighted by atomic mass is 35.5. The maximum atomic E-state index is 13.7. The number of nitrogens with one attached hydrogen (secondary N) is 1. The van der Waals surface area contributed by atoms with Crippen molar-refractivity contribution in [2.45, 2.75) is 88.6 Å². The lowest BCUT2D eigenvalue weighted by molar-refractivity contribution is -0.176. The van der Waals surface area contributed by atoms with Gasteiger partial charge in [0.05, 0.1) is 18.0 Å².